The highest BCUT2D eigenvalue weighted by atomic mass is 16.5. The van der Waals surface area contributed by atoms with Crippen LogP contribution in [0.3, 0.4) is 0 Å². The van der Waals surface area contributed by atoms with Gasteiger partial charge in [0.2, 0.25) is 5.91 Å². The van der Waals surface area contributed by atoms with E-state index in [-0.39, 0.29) is 18.5 Å². The molecule has 0 aromatic carbocycles. The normalized spacial score (nSPS) is 12.5. The van der Waals surface area contributed by atoms with Crippen molar-refractivity contribution < 1.29 is 24.5 Å². The van der Waals surface area contributed by atoms with Crippen molar-refractivity contribution in [2.45, 2.75) is 514 Å². The Labute approximate surface area is 590 Å². The Kier molecular flexibility index (Phi) is 82.3. The van der Waals surface area contributed by atoms with E-state index in [9.17, 15) is 19.8 Å². The third kappa shape index (κ3) is 79.3. The van der Waals surface area contributed by atoms with Gasteiger partial charge in [-0.15, -0.1) is 0 Å². The average Bonchev–Trinajstić information content (AvgIpc) is 2.94. The lowest BCUT2D eigenvalue weighted by Crippen LogP contribution is -2.45. The first-order valence-electron chi connectivity index (χ1n) is 43.6. The number of carbonyl (C=O) groups excluding carboxylic acids is 2. The minimum absolute atomic E-state index is 0.0238. The molecule has 0 aromatic rings. The van der Waals surface area contributed by atoms with E-state index in [2.05, 4.69) is 43.5 Å². The summed E-state index contributed by atoms with van der Waals surface area (Å²) in [6.07, 6.45) is 109. The summed E-state index contributed by atoms with van der Waals surface area (Å²) in [6, 6.07) is -0.540. The number of esters is 1. The molecule has 0 aromatic heterocycles. The highest BCUT2D eigenvalue weighted by Crippen LogP contribution is 2.21. The van der Waals surface area contributed by atoms with Gasteiger partial charge in [-0.05, 0) is 57.8 Å². The fraction of sp³-hybridized carbons (Fsp3) is 0.932. The van der Waals surface area contributed by atoms with Crippen LogP contribution in [0.5, 0.6) is 0 Å². The Hall–Kier alpha value is -1.66. The summed E-state index contributed by atoms with van der Waals surface area (Å²) in [5.74, 6) is -0.00180. The first-order valence-corrected chi connectivity index (χ1v) is 43.6. The molecule has 0 heterocycles. The number of hydrogen-bond donors (Lipinski definition) is 3. The molecule has 0 fully saturated rings. The van der Waals surface area contributed by atoms with Gasteiger partial charge in [-0.1, -0.05) is 456 Å². The molecule has 0 rings (SSSR count). The number of rotatable bonds is 83. The number of amides is 1. The van der Waals surface area contributed by atoms with E-state index < -0.39 is 12.1 Å². The summed E-state index contributed by atoms with van der Waals surface area (Å²) in [7, 11) is 0. The molecule has 0 saturated heterocycles. The Balaban J connectivity index is 3.35. The predicted molar refractivity (Wildman–Crippen MR) is 417 cm³/mol. The lowest BCUT2D eigenvalue weighted by molar-refractivity contribution is -0.143. The van der Waals surface area contributed by atoms with Gasteiger partial charge in [0.25, 0.3) is 0 Å². The molecule has 0 saturated carbocycles. The molecule has 0 bridgehead atoms. The molecule has 6 nitrogen and oxygen atoms in total. The van der Waals surface area contributed by atoms with Crippen LogP contribution in [0.15, 0.2) is 24.3 Å². The average molecular weight is 1320 g/mol. The standard InChI is InChI=1S/C88H171NO5/c1-3-5-7-9-11-13-15-17-19-20-21-22-23-41-44-47-50-53-56-60-64-68-72-76-80-86(91)85(84-90)89-87(92)81-77-73-69-65-61-57-54-51-48-45-42-39-37-35-33-31-29-27-25-24-26-28-30-32-34-36-38-40-43-46-49-52-55-59-63-67-71-75-79-83-94-88(93)82-78-74-70-66-62-58-18-16-14-12-10-8-6-4-2/h24-25,28,30,85-86,90-91H,3-23,26-27,29,31-84H2,1-2H3,(H,89,92)/b25-24-,30-28-. The highest BCUT2D eigenvalue weighted by Gasteiger charge is 2.20. The van der Waals surface area contributed by atoms with Gasteiger partial charge in [-0.25, -0.2) is 0 Å². The molecule has 0 aliphatic heterocycles. The third-order valence-electron chi connectivity index (χ3n) is 20.8. The highest BCUT2D eigenvalue weighted by molar-refractivity contribution is 5.76. The van der Waals surface area contributed by atoms with E-state index in [0.717, 1.165) is 44.9 Å². The molecule has 0 spiro atoms. The molecular weight excluding hydrogens is 1150 g/mol. The third-order valence-corrected chi connectivity index (χ3v) is 20.8. The summed E-state index contributed by atoms with van der Waals surface area (Å²) < 4.78 is 5.50. The van der Waals surface area contributed by atoms with Crippen molar-refractivity contribution in [1.29, 1.82) is 0 Å². The largest absolute Gasteiger partial charge is 0.466 e. The second-order valence-corrected chi connectivity index (χ2v) is 30.2. The number of hydrogen-bond acceptors (Lipinski definition) is 5. The lowest BCUT2D eigenvalue weighted by atomic mass is 10.0. The van der Waals surface area contributed by atoms with Crippen molar-refractivity contribution in [1.82, 2.24) is 5.32 Å². The van der Waals surface area contributed by atoms with Crippen LogP contribution in [-0.2, 0) is 14.3 Å². The van der Waals surface area contributed by atoms with Crippen LogP contribution < -0.4 is 5.32 Å². The Morgan fingerprint density at radius 1 is 0.298 bits per heavy atom. The monoisotopic (exact) mass is 1320 g/mol. The zero-order valence-electron chi connectivity index (χ0n) is 64.2. The summed E-state index contributed by atoms with van der Waals surface area (Å²) in [4.78, 5) is 24.7. The molecule has 3 N–H and O–H groups in total. The second kappa shape index (κ2) is 83.8. The van der Waals surface area contributed by atoms with E-state index in [1.165, 1.54) is 424 Å². The molecule has 0 aliphatic carbocycles. The van der Waals surface area contributed by atoms with Crippen molar-refractivity contribution >= 4 is 11.9 Å². The molecule has 2 unspecified atom stereocenters. The van der Waals surface area contributed by atoms with Crippen LogP contribution in [0.1, 0.15) is 502 Å². The van der Waals surface area contributed by atoms with Crippen LogP contribution in [0.25, 0.3) is 0 Å². The van der Waals surface area contributed by atoms with Gasteiger partial charge in [0.15, 0.2) is 0 Å². The molecular formula is C88H171NO5. The van der Waals surface area contributed by atoms with Crippen molar-refractivity contribution in [3.63, 3.8) is 0 Å². The fourth-order valence-corrected chi connectivity index (χ4v) is 14.1. The van der Waals surface area contributed by atoms with Gasteiger partial charge in [0.05, 0.1) is 25.4 Å². The second-order valence-electron chi connectivity index (χ2n) is 30.2. The Bertz CT molecular complexity index is 1480. The maximum absolute atomic E-state index is 12.6. The van der Waals surface area contributed by atoms with Crippen molar-refractivity contribution in [3.8, 4) is 0 Å². The SMILES string of the molecule is CCCCCCCCCCCCCCCCCCCCCCCCCCC(O)C(CO)NC(=O)CCCCCCCCCCCCCCCCCCC/C=C\C/C=C\CCCCCCCCCCCCCCCCCOC(=O)CCCCCCCCCCCCCCCC. The first-order chi connectivity index (χ1) is 46.5. The van der Waals surface area contributed by atoms with Crippen molar-refractivity contribution in [3.05, 3.63) is 24.3 Å². The van der Waals surface area contributed by atoms with Crippen LogP contribution in [0.4, 0.5) is 0 Å². The molecule has 0 radical (unpaired) electrons. The van der Waals surface area contributed by atoms with Gasteiger partial charge < -0.3 is 20.3 Å². The van der Waals surface area contributed by atoms with Gasteiger partial charge >= 0.3 is 5.97 Å². The summed E-state index contributed by atoms with van der Waals surface area (Å²) in [5.41, 5.74) is 0. The fourth-order valence-electron chi connectivity index (χ4n) is 14.1. The van der Waals surface area contributed by atoms with E-state index in [1.54, 1.807) is 0 Å². The predicted octanol–water partition coefficient (Wildman–Crippen LogP) is 29.2. The molecule has 0 aliphatic rings. The number of unbranched alkanes of at least 4 members (excludes halogenated alkanes) is 68. The van der Waals surface area contributed by atoms with Gasteiger partial charge in [-0.2, -0.15) is 0 Å². The minimum atomic E-state index is -0.664. The quantitative estimate of drug-likeness (QED) is 0.0320. The Morgan fingerprint density at radius 3 is 0.809 bits per heavy atom. The number of aliphatic hydroxyl groups excluding tert-OH is 2. The smallest absolute Gasteiger partial charge is 0.305 e. The Morgan fingerprint density at radius 2 is 0.532 bits per heavy atom. The number of carbonyl (C=O) groups is 2. The van der Waals surface area contributed by atoms with Crippen molar-refractivity contribution in [2.75, 3.05) is 13.2 Å². The van der Waals surface area contributed by atoms with Crippen LogP contribution in [-0.4, -0.2) is 47.4 Å². The minimum Gasteiger partial charge on any atom is -0.466 e. The number of allylic oxidation sites excluding steroid dienone is 4. The zero-order valence-corrected chi connectivity index (χ0v) is 64.2. The van der Waals surface area contributed by atoms with E-state index >= 15 is 0 Å². The first kappa shape index (κ1) is 92.3. The van der Waals surface area contributed by atoms with Gasteiger partial charge in [0.1, 0.15) is 0 Å². The van der Waals surface area contributed by atoms with Crippen LogP contribution >= 0.6 is 0 Å². The van der Waals surface area contributed by atoms with E-state index in [0.29, 0.717) is 25.9 Å². The maximum Gasteiger partial charge on any atom is 0.305 e. The van der Waals surface area contributed by atoms with Crippen molar-refractivity contribution in [2.24, 2.45) is 0 Å². The molecule has 94 heavy (non-hydrogen) atoms. The zero-order chi connectivity index (χ0) is 67.7. The summed E-state index contributed by atoms with van der Waals surface area (Å²) in [5, 5.41) is 23.5. The topological polar surface area (TPSA) is 95.9 Å². The number of aliphatic hydroxyl groups is 2. The van der Waals surface area contributed by atoms with E-state index in [1.807, 2.05) is 0 Å². The maximum atomic E-state index is 12.6. The van der Waals surface area contributed by atoms with Crippen LogP contribution in [0, 0.1) is 0 Å². The molecule has 558 valence electrons. The summed E-state index contributed by atoms with van der Waals surface area (Å²) in [6.45, 7) is 5.02. The number of nitrogens with one attached hydrogen (secondary N) is 1. The summed E-state index contributed by atoms with van der Waals surface area (Å²) >= 11 is 0. The molecule has 6 heteroatoms. The van der Waals surface area contributed by atoms with Gasteiger partial charge in [-0.3, -0.25) is 9.59 Å². The number of ether oxygens (including phenoxy) is 1. The molecule has 2 atom stereocenters. The van der Waals surface area contributed by atoms with Gasteiger partial charge in [0, 0.05) is 12.8 Å². The van der Waals surface area contributed by atoms with Crippen LogP contribution in [0.2, 0.25) is 0 Å². The lowest BCUT2D eigenvalue weighted by Gasteiger charge is -2.22. The van der Waals surface area contributed by atoms with E-state index in [4.69, 9.17) is 4.74 Å². The molecule has 1 amide bonds.